The Morgan fingerprint density at radius 1 is 1.12 bits per heavy atom. The third kappa shape index (κ3) is 7.87. The number of alkyl carbamates (subject to hydrolysis) is 1. The Kier molecular flexibility index (Phi) is 6.40. The van der Waals surface area contributed by atoms with Crippen molar-refractivity contribution in [2.75, 3.05) is 0 Å². The van der Waals surface area contributed by atoms with Gasteiger partial charge in [0.2, 0.25) is 0 Å². The first-order valence-electron chi connectivity index (χ1n) is 7.96. The summed E-state index contributed by atoms with van der Waals surface area (Å²) in [5.74, 6) is -1.46. The van der Waals surface area contributed by atoms with Gasteiger partial charge in [0.15, 0.2) is 0 Å². The van der Waals surface area contributed by atoms with Crippen LogP contribution in [0.15, 0.2) is 18.2 Å². The second-order valence-corrected chi connectivity index (χ2v) is 7.71. The molecule has 0 spiro atoms. The van der Waals surface area contributed by atoms with Gasteiger partial charge < -0.3 is 19.9 Å². The number of amides is 1. The summed E-state index contributed by atoms with van der Waals surface area (Å²) < 4.78 is 24.4. The van der Waals surface area contributed by atoms with E-state index in [2.05, 4.69) is 5.32 Å². The summed E-state index contributed by atoms with van der Waals surface area (Å²) in [6.45, 7) is 10.1. The first-order valence-corrected chi connectivity index (χ1v) is 7.96. The van der Waals surface area contributed by atoms with E-state index in [0.29, 0.717) is 0 Å². The molecule has 0 bridgehead atoms. The number of rotatable bonds is 4. The van der Waals surface area contributed by atoms with Gasteiger partial charge in [-0.15, -0.1) is 0 Å². The van der Waals surface area contributed by atoms with Crippen molar-refractivity contribution in [2.45, 2.75) is 65.2 Å². The number of hydrogen-bond donors (Lipinski definition) is 2. The van der Waals surface area contributed by atoms with Crippen LogP contribution in [-0.2, 0) is 20.7 Å². The van der Waals surface area contributed by atoms with Crippen molar-refractivity contribution in [1.29, 1.82) is 0 Å². The molecule has 1 aromatic carbocycles. The zero-order valence-corrected chi connectivity index (χ0v) is 15.5. The van der Waals surface area contributed by atoms with Crippen molar-refractivity contribution in [3.8, 4) is 5.75 Å². The lowest BCUT2D eigenvalue weighted by Gasteiger charge is -2.26. The van der Waals surface area contributed by atoms with E-state index in [1.165, 1.54) is 12.1 Å². The van der Waals surface area contributed by atoms with Crippen LogP contribution in [0.2, 0.25) is 0 Å². The Balaban J connectivity index is 3.00. The molecule has 1 atom stereocenters. The van der Waals surface area contributed by atoms with Gasteiger partial charge in [-0.05, 0) is 65.3 Å². The lowest BCUT2D eigenvalue weighted by atomic mass is 10.0. The largest absolute Gasteiger partial charge is 0.508 e. The zero-order valence-electron chi connectivity index (χ0n) is 15.5. The number of halogens is 1. The smallest absolute Gasteiger partial charge is 0.408 e. The number of ether oxygens (including phenoxy) is 2. The van der Waals surface area contributed by atoms with Crippen molar-refractivity contribution >= 4 is 12.1 Å². The summed E-state index contributed by atoms with van der Waals surface area (Å²) in [7, 11) is 0. The maximum atomic E-state index is 13.9. The fourth-order valence-corrected chi connectivity index (χ4v) is 1.95. The number of nitrogens with one attached hydrogen (secondary N) is 1. The van der Waals surface area contributed by atoms with Crippen LogP contribution in [0.1, 0.15) is 47.1 Å². The Morgan fingerprint density at radius 3 is 2.20 bits per heavy atom. The molecule has 1 amide bonds. The minimum Gasteiger partial charge on any atom is -0.508 e. The molecule has 1 rings (SSSR count). The number of carbonyl (C=O) groups excluding carboxylic acids is 2. The van der Waals surface area contributed by atoms with Crippen LogP contribution >= 0.6 is 0 Å². The van der Waals surface area contributed by atoms with Gasteiger partial charge in [0, 0.05) is 6.42 Å². The number of aromatic hydroxyl groups is 1. The fraction of sp³-hybridized carbons (Fsp3) is 0.556. The Morgan fingerprint density at radius 2 is 1.68 bits per heavy atom. The predicted octanol–water partition coefficient (Wildman–Crippen LogP) is 3.31. The summed E-state index contributed by atoms with van der Waals surface area (Å²) in [6, 6.07) is 2.32. The lowest BCUT2D eigenvalue weighted by Crippen LogP contribution is -2.47. The monoisotopic (exact) mass is 355 g/mol. The van der Waals surface area contributed by atoms with Crippen molar-refractivity contribution in [2.24, 2.45) is 0 Å². The predicted molar refractivity (Wildman–Crippen MR) is 90.8 cm³/mol. The van der Waals surface area contributed by atoms with E-state index in [4.69, 9.17) is 9.47 Å². The van der Waals surface area contributed by atoms with E-state index in [-0.39, 0.29) is 17.7 Å². The number of esters is 1. The van der Waals surface area contributed by atoms with Crippen molar-refractivity contribution < 1.29 is 28.6 Å². The number of phenolic OH excluding ortho intramolecular Hbond substituents is 1. The molecule has 2 N–H and O–H groups in total. The fourth-order valence-electron chi connectivity index (χ4n) is 1.95. The molecule has 0 aliphatic carbocycles. The van der Waals surface area contributed by atoms with Gasteiger partial charge in [-0.25, -0.2) is 14.0 Å². The Labute approximate surface area is 147 Å². The van der Waals surface area contributed by atoms with E-state index in [0.717, 1.165) is 6.07 Å². The topological polar surface area (TPSA) is 84.9 Å². The Bertz CT molecular complexity index is 631. The molecule has 0 heterocycles. The van der Waals surface area contributed by atoms with Crippen molar-refractivity contribution in [1.82, 2.24) is 5.32 Å². The highest BCUT2D eigenvalue weighted by atomic mass is 19.1. The maximum absolute atomic E-state index is 13.9. The van der Waals surface area contributed by atoms with E-state index >= 15 is 0 Å². The standard InChI is InChI=1S/C18H26FNO5/c1-17(2,3)24-15(22)14(20-16(23)25-18(4,5)6)10-11-9-12(21)7-8-13(11)19/h7-9,14,21H,10H2,1-6H3,(H,20,23). The highest BCUT2D eigenvalue weighted by Crippen LogP contribution is 2.19. The summed E-state index contributed by atoms with van der Waals surface area (Å²) in [5, 5.41) is 11.9. The van der Waals surface area contributed by atoms with E-state index in [1.807, 2.05) is 0 Å². The Hall–Kier alpha value is -2.31. The van der Waals surface area contributed by atoms with Crippen LogP contribution in [0, 0.1) is 5.82 Å². The lowest BCUT2D eigenvalue weighted by molar-refractivity contribution is -0.157. The van der Waals surface area contributed by atoms with Crippen LogP contribution in [-0.4, -0.2) is 34.4 Å². The summed E-state index contributed by atoms with van der Waals surface area (Å²) in [4.78, 5) is 24.4. The maximum Gasteiger partial charge on any atom is 0.408 e. The van der Waals surface area contributed by atoms with Gasteiger partial charge in [-0.3, -0.25) is 0 Å². The molecule has 0 aliphatic rings. The first kappa shape index (κ1) is 20.7. The molecule has 6 nitrogen and oxygen atoms in total. The highest BCUT2D eigenvalue weighted by Gasteiger charge is 2.29. The van der Waals surface area contributed by atoms with E-state index in [9.17, 15) is 19.1 Å². The molecule has 0 radical (unpaired) electrons. The van der Waals surface area contributed by atoms with Gasteiger partial charge in [-0.1, -0.05) is 0 Å². The molecule has 0 aliphatic heterocycles. The molecule has 7 heteroatoms. The normalized spacial score (nSPS) is 13.1. The number of benzene rings is 1. The first-order chi connectivity index (χ1) is 11.3. The second kappa shape index (κ2) is 7.72. The van der Waals surface area contributed by atoms with Gasteiger partial charge >= 0.3 is 12.1 Å². The average molecular weight is 355 g/mol. The SMILES string of the molecule is CC(C)(C)OC(=O)NC(Cc1cc(O)ccc1F)C(=O)OC(C)(C)C. The van der Waals surface area contributed by atoms with Gasteiger partial charge in [0.1, 0.15) is 28.8 Å². The zero-order chi connectivity index (χ0) is 19.4. The van der Waals surface area contributed by atoms with Gasteiger partial charge in [0.25, 0.3) is 0 Å². The van der Waals surface area contributed by atoms with Crippen LogP contribution < -0.4 is 5.32 Å². The molecule has 1 unspecified atom stereocenters. The third-order valence-electron chi connectivity index (χ3n) is 2.84. The minimum atomic E-state index is -1.16. The third-order valence-corrected chi connectivity index (χ3v) is 2.84. The molecule has 1 aromatic rings. The van der Waals surface area contributed by atoms with E-state index < -0.39 is 35.1 Å². The van der Waals surface area contributed by atoms with E-state index in [1.54, 1.807) is 41.5 Å². The molecule has 0 saturated carbocycles. The van der Waals surface area contributed by atoms with Crippen molar-refractivity contribution in [3.63, 3.8) is 0 Å². The molecule has 140 valence electrons. The number of carbonyl (C=O) groups is 2. The summed E-state index contributed by atoms with van der Waals surface area (Å²) in [5.41, 5.74) is -1.45. The van der Waals surface area contributed by atoms with Crippen LogP contribution in [0.5, 0.6) is 5.75 Å². The van der Waals surface area contributed by atoms with Gasteiger partial charge in [-0.2, -0.15) is 0 Å². The summed E-state index contributed by atoms with van der Waals surface area (Å²) in [6.07, 6.45) is -1.00. The number of hydrogen-bond acceptors (Lipinski definition) is 5. The highest BCUT2D eigenvalue weighted by molar-refractivity contribution is 5.82. The van der Waals surface area contributed by atoms with Crippen LogP contribution in [0.3, 0.4) is 0 Å². The minimum absolute atomic E-state index is 0.0758. The molecule has 25 heavy (non-hydrogen) atoms. The second-order valence-electron chi connectivity index (χ2n) is 7.71. The van der Waals surface area contributed by atoms with Gasteiger partial charge in [0.05, 0.1) is 0 Å². The molecule has 0 saturated heterocycles. The van der Waals surface area contributed by atoms with Crippen LogP contribution in [0.25, 0.3) is 0 Å². The van der Waals surface area contributed by atoms with Crippen molar-refractivity contribution in [3.05, 3.63) is 29.6 Å². The molecular formula is C18H26FNO5. The quantitative estimate of drug-likeness (QED) is 0.810. The molecule has 0 aromatic heterocycles. The summed E-state index contributed by atoms with van der Waals surface area (Å²) >= 11 is 0. The molecule has 0 fully saturated rings. The average Bonchev–Trinajstić information content (AvgIpc) is 2.38. The number of phenols is 1. The molecular weight excluding hydrogens is 329 g/mol. The van der Waals surface area contributed by atoms with Crippen LogP contribution in [0.4, 0.5) is 9.18 Å².